The quantitative estimate of drug-likeness (QED) is 0.190. The van der Waals surface area contributed by atoms with Gasteiger partial charge in [0.1, 0.15) is 12.2 Å². The Morgan fingerprint density at radius 2 is 2.12 bits per heavy atom. The summed E-state index contributed by atoms with van der Waals surface area (Å²) >= 11 is 0. The fraction of sp³-hybridized carbons (Fsp3) is 0.684. The molecule has 0 amide bonds. The van der Waals surface area contributed by atoms with Gasteiger partial charge < -0.3 is 14.2 Å². The summed E-state index contributed by atoms with van der Waals surface area (Å²) < 4.78 is 17.6. The van der Waals surface area contributed by atoms with Crippen LogP contribution in [0.4, 0.5) is 0 Å². The van der Waals surface area contributed by atoms with Crippen LogP contribution in [-0.2, 0) is 14.2 Å². The monoisotopic (exact) mass is 349 g/mol. The van der Waals surface area contributed by atoms with Gasteiger partial charge in [0.05, 0.1) is 19.3 Å². The van der Waals surface area contributed by atoms with Crippen LogP contribution in [0.2, 0.25) is 0 Å². The maximum absolute atomic E-state index is 8.39. The molecular formula is C19H31N3O3. The number of unbranched alkanes of at least 4 members (excludes halogenated alkanes) is 1. The number of allylic oxidation sites excluding steroid dienone is 5. The lowest BCUT2D eigenvalue weighted by atomic mass is 9.90. The second-order valence-corrected chi connectivity index (χ2v) is 6.23. The van der Waals surface area contributed by atoms with Crippen molar-refractivity contribution >= 4 is 0 Å². The number of hydrogen-bond donors (Lipinski definition) is 0. The average molecular weight is 349 g/mol. The molecule has 0 saturated carbocycles. The van der Waals surface area contributed by atoms with Gasteiger partial charge in [-0.2, -0.15) is 0 Å². The maximum atomic E-state index is 8.39. The molecule has 25 heavy (non-hydrogen) atoms. The Kier molecular flexibility index (Phi) is 10.9. The van der Waals surface area contributed by atoms with Gasteiger partial charge in [0.15, 0.2) is 0 Å². The van der Waals surface area contributed by atoms with Crippen LogP contribution >= 0.6 is 0 Å². The molecule has 140 valence electrons. The number of nitrogens with zero attached hydrogens (tertiary/aromatic N) is 3. The molecule has 0 aromatic heterocycles. The first-order valence-corrected chi connectivity index (χ1v) is 8.92. The molecule has 6 nitrogen and oxygen atoms in total. The SMILES string of the molecule is CCC/C=C/C=C/C=C(\C)[C@@H]1OC[C@H](C)[C@H](OC)[C@H]1OCCN=[N+]=[N-]. The molecule has 0 unspecified atom stereocenters. The summed E-state index contributed by atoms with van der Waals surface area (Å²) in [4.78, 5) is 2.75. The van der Waals surface area contributed by atoms with Gasteiger partial charge in [0, 0.05) is 24.5 Å². The topological polar surface area (TPSA) is 76.5 Å². The number of ether oxygens (including phenoxy) is 3. The van der Waals surface area contributed by atoms with Gasteiger partial charge in [-0.3, -0.25) is 0 Å². The standard InChI is InChI=1S/C19H31N3O3/c1-5-6-7-8-9-10-11-15(2)18-19(24-13-12-21-22-20)17(23-4)16(3)14-25-18/h7-11,16-19H,5-6,12-14H2,1-4H3/b8-7+,10-9+,15-11+/t16-,17-,18-,19+/m0/s1. The Bertz CT molecular complexity index is 510. The normalized spacial score (nSPS) is 27.8. The Morgan fingerprint density at radius 1 is 1.32 bits per heavy atom. The predicted octanol–water partition coefficient (Wildman–Crippen LogP) is 4.59. The zero-order valence-electron chi connectivity index (χ0n) is 15.8. The Labute approximate surface area is 151 Å². The molecule has 0 N–H and O–H groups in total. The Hall–Kier alpha value is -1.59. The second-order valence-electron chi connectivity index (χ2n) is 6.23. The van der Waals surface area contributed by atoms with E-state index < -0.39 is 0 Å². The van der Waals surface area contributed by atoms with Crippen molar-refractivity contribution in [1.29, 1.82) is 0 Å². The molecule has 1 aliphatic heterocycles. The maximum Gasteiger partial charge on any atom is 0.114 e. The molecule has 6 heteroatoms. The van der Waals surface area contributed by atoms with E-state index in [1.165, 1.54) is 0 Å². The molecule has 0 spiro atoms. The van der Waals surface area contributed by atoms with Crippen LogP contribution in [0.3, 0.4) is 0 Å². The molecule has 1 rings (SSSR count). The molecule has 0 aromatic rings. The lowest BCUT2D eigenvalue weighted by Crippen LogP contribution is -2.52. The van der Waals surface area contributed by atoms with Crippen LogP contribution in [0.25, 0.3) is 10.4 Å². The van der Waals surface area contributed by atoms with Crippen molar-refractivity contribution in [2.75, 3.05) is 26.9 Å². The fourth-order valence-corrected chi connectivity index (χ4v) is 2.86. The molecular weight excluding hydrogens is 318 g/mol. The summed E-state index contributed by atoms with van der Waals surface area (Å²) in [5.74, 6) is 0.242. The summed E-state index contributed by atoms with van der Waals surface area (Å²) in [6.07, 6.45) is 12.1. The average Bonchev–Trinajstić information content (AvgIpc) is 2.61. The van der Waals surface area contributed by atoms with E-state index in [4.69, 9.17) is 19.7 Å². The molecule has 0 bridgehead atoms. The van der Waals surface area contributed by atoms with E-state index in [-0.39, 0.29) is 24.2 Å². The van der Waals surface area contributed by atoms with Gasteiger partial charge in [-0.15, -0.1) is 0 Å². The molecule has 1 fully saturated rings. The summed E-state index contributed by atoms with van der Waals surface area (Å²) in [7, 11) is 1.70. The van der Waals surface area contributed by atoms with E-state index in [1.807, 2.05) is 25.2 Å². The first kappa shape index (κ1) is 21.5. The summed E-state index contributed by atoms with van der Waals surface area (Å²) in [5, 5.41) is 3.52. The van der Waals surface area contributed by atoms with E-state index in [2.05, 4.69) is 36.0 Å². The highest BCUT2D eigenvalue weighted by Gasteiger charge is 2.40. The minimum Gasteiger partial charge on any atom is -0.378 e. The van der Waals surface area contributed by atoms with Crippen molar-refractivity contribution in [3.8, 4) is 0 Å². The third kappa shape index (κ3) is 7.45. The van der Waals surface area contributed by atoms with Crippen LogP contribution in [0.15, 0.2) is 41.1 Å². The van der Waals surface area contributed by atoms with Crippen molar-refractivity contribution in [3.63, 3.8) is 0 Å². The lowest BCUT2D eigenvalue weighted by molar-refractivity contribution is -0.178. The van der Waals surface area contributed by atoms with E-state index in [0.29, 0.717) is 19.8 Å². The Morgan fingerprint density at radius 3 is 2.80 bits per heavy atom. The summed E-state index contributed by atoms with van der Waals surface area (Å²) in [6, 6.07) is 0. The zero-order chi connectivity index (χ0) is 18.5. The zero-order valence-corrected chi connectivity index (χ0v) is 15.8. The van der Waals surface area contributed by atoms with Crippen molar-refractivity contribution in [2.45, 2.75) is 51.9 Å². The molecule has 4 atom stereocenters. The molecule has 0 aromatic carbocycles. The number of rotatable bonds is 10. The van der Waals surface area contributed by atoms with Crippen LogP contribution < -0.4 is 0 Å². The highest BCUT2D eigenvalue weighted by molar-refractivity contribution is 5.20. The molecule has 1 aliphatic rings. The molecule has 0 radical (unpaired) electrons. The largest absolute Gasteiger partial charge is 0.378 e. The number of hydrogen-bond acceptors (Lipinski definition) is 4. The minimum absolute atomic E-state index is 0.0541. The predicted molar refractivity (Wildman–Crippen MR) is 100 cm³/mol. The highest BCUT2D eigenvalue weighted by atomic mass is 16.6. The smallest absolute Gasteiger partial charge is 0.114 e. The minimum atomic E-state index is -0.220. The van der Waals surface area contributed by atoms with Gasteiger partial charge in [0.2, 0.25) is 0 Å². The van der Waals surface area contributed by atoms with Crippen molar-refractivity contribution in [2.24, 2.45) is 11.0 Å². The van der Waals surface area contributed by atoms with E-state index in [9.17, 15) is 0 Å². The summed E-state index contributed by atoms with van der Waals surface area (Å²) in [5.41, 5.74) is 9.48. The van der Waals surface area contributed by atoms with Crippen LogP contribution in [0, 0.1) is 5.92 Å². The number of methoxy groups -OCH3 is 1. The first-order chi connectivity index (χ1) is 12.2. The molecule has 1 saturated heterocycles. The number of azide groups is 1. The highest BCUT2D eigenvalue weighted by Crippen LogP contribution is 2.28. The summed E-state index contributed by atoms with van der Waals surface area (Å²) in [6.45, 7) is 7.57. The van der Waals surface area contributed by atoms with E-state index in [1.54, 1.807) is 7.11 Å². The van der Waals surface area contributed by atoms with Gasteiger partial charge in [-0.25, -0.2) is 0 Å². The molecule has 0 aliphatic carbocycles. The van der Waals surface area contributed by atoms with Gasteiger partial charge >= 0.3 is 0 Å². The van der Waals surface area contributed by atoms with E-state index >= 15 is 0 Å². The van der Waals surface area contributed by atoms with Gasteiger partial charge in [0.25, 0.3) is 0 Å². The molecule has 1 heterocycles. The van der Waals surface area contributed by atoms with Gasteiger partial charge in [-0.05, 0) is 24.4 Å². The van der Waals surface area contributed by atoms with Gasteiger partial charge in [-0.1, -0.05) is 55.8 Å². The van der Waals surface area contributed by atoms with E-state index in [0.717, 1.165) is 18.4 Å². The van der Waals surface area contributed by atoms with Crippen molar-refractivity contribution in [1.82, 2.24) is 0 Å². The van der Waals surface area contributed by atoms with Crippen molar-refractivity contribution in [3.05, 3.63) is 46.4 Å². The third-order valence-corrected chi connectivity index (χ3v) is 4.18. The third-order valence-electron chi connectivity index (χ3n) is 4.18. The first-order valence-electron chi connectivity index (χ1n) is 8.92. The van der Waals surface area contributed by atoms with Crippen LogP contribution in [-0.4, -0.2) is 45.2 Å². The van der Waals surface area contributed by atoms with Crippen LogP contribution in [0.5, 0.6) is 0 Å². The van der Waals surface area contributed by atoms with Crippen molar-refractivity contribution < 1.29 is 14.2 Å². The second kappa shape index (κ2) is 12.7. The fourth-order valence-electron chi connectivity index (χ4n) is 2.86. The lowest BCUT2D eigenvalue weighted by Gasteiger charge is -2.41. The Balaban J connectivity index is 2.78. The van der Waals surface area contributed by atoms with Crippen LogP contribution in [0.1, 0.15) is 33.6 Å².